The normalized spacial score (nSPS) is 30.9. The van der Waals surface area contributed by atoms with Gasteiger partial charge in [-0.1, -0.05) is 12.1 Å². The summed E-state index contributed by atoms with van der Waals surface area (Å²) in [5.41, 5.74) is 8.50. The average Bonchev–Trinajstić information content (AvgIpc) is 2.97. The minimum atomic E-state index is -2.62. The number of methoxy groups -OCH3 is 1. The van der Waals surface area contributed by atoms with Crippen LogP contribution in [-0.2, 0) is 21.5 Å². The second-order valence-electron chi connectivity index (χ2n) is 9.16. The molecule has 9 heteroatoms. The van der Waals surface area contributed by atoms with Crippen LogP contribution < -0.4 is 10.5 Å². The maximum absolute atomic E-state index is 15.2. The van der Waals surface area contributed by atoms with E-state index in [1.54, 1.807) is 30.6 Å². The zero-order valence-electron chi connectivity index (χ0n) is 18.8. The van der Waals surface area contributed by atoms with Crippen LogP contribution in [0.5, 0.6) is 5.88 Å². The molecule has 4 atom stereocenters. The maximum Gasteiger partial charge on any atom is 0.232 e. The van der Waals surface area contributed by atoms with Crippen LogP contribution in [0.1, 0.15) is 43.5 Å². The van der Waals surface area contributed by atoms with E-state index in [4.69, 9.17) is 15.5 Å². The molecule has 33 heavy (non-hydrogen) atoms. The van der Waals surface area contributed by atoms with Crippen molar-refractivity contribution in [2.75, 3.05) is 7.11 Å². The molecule has 0 spiro atoms. The highest BCUT2D eigenvalue weighted by atomic mass is 32.2. The van der Waals surface area contributed by atoms with Crippen molar-refractivity contribution >= 4 is 32.3 Å². The van der Waals surface area contributed by atoms with Gasteiger partial charge in [-0.05, 0) is 59.8 Å². The molecule has 2 aromatic heterocycles. The predicted molar refractivity (Wildman–Crippen MR) is 129 cm³/mol. The zero-order valence-corrected chi connectivity index (χ0v) is 19.7. The summed E-state index contributed by atoms with van der Waals surface area (Å²) in [5.74, 6) is 4.39. The number of pyridine rings is 1. The van der Waals surface area contributed by atoms with Crippen LogP contribution in [0.2, 0.25) is 0 Å². The highest BCUT2D eigenvalue weighted by molar-refractivity contribution is 8.03. The summed E-state index contributed by atoms with van der Waals surface area (Å²) in [7, 11) is -1.08. The number of aliphatic imine (C=N–C) groups is 1. The maximum atomic E-state index is 15.2. The number of hydrogen-bond acceptors (Lipinski definition) is 7. The molecule has 1 saturated heterocycles. The summed E-state index contributed by atoms with van der Waals surface area (Å²) < 4.78 is 33.3. The molecule has 0 amide bonds. The fourth-order valence-corrected chi connectivity index (χ4v) is 8.10. The Hall–Kier alpha value is -3.07. The van der Waals surface area contributed by atoms with Gasteiger partial charge in [0, 0.05) is 18.2 Å². The number of amidine groups is 1. The first-order chi connectivity index (χ1) is 15.6. The lowest BCUT2D eigenvalue weighted by molar-refractivity contribution is 0.397. The molecule has 1 fully saturated rings. The summed E-state index contributed by atoms with van der Waals surface area (Å²) >= 11 is 0. The van der Waals surface area contributed by atoms with Gasteiger partial charge in [-0.2, -0.15) is 0 Å². The smallest absolute Gasteiger partial charge is 0.232 e. The Morgan fingerprint density at radius 1 is 1.30 bits per heavy atom. The first kappa shape index (κ1) is 21.8. The van der Waals surface area contributed by atoms with E-state index in [-0.39, 0.29) is 5.25 Å². The SMILES string of the molecule is C=S1(=O)[C@H]2CC[C@]1(C)C(N)=N[C@]2(C)c1cc(Cc2nccc3nc(OC)cnc23)ccc1F. The second kappa shape index (κ2) is 7.21. The minimum absolute atomic E-state index is 0.295. The van der Waals surface area contributed by atoms with Crippen molar-refractivity contribution in [2.24, 2.45) is 10.7 Å². The Morgan fingerprint density at radius 3 is 2.85 bits per heavy atom. The molecule has 1 unspecified atom stereocenters. The van der Waals surface area contributed by atoms with E-state index in [1.807, 2.05) is 13.8 Å². The van der Waals surface area contributed by atoms with Crippen molar-refractivity contribution in [3.63, 3.8) is 0 Å². The Balaban J connectivity index is 1.59. The molecule has 7 nitrogen and oxygen atoms in total. The van der Waals surface area contributed by atoms with E-state index < -0.39 is 25.6 Å². The van der Waals surface area contributed by atoms with E-state index in [1.165, 1.54) is 13.2 Å². The fraction of sp³-hybridized carbons (Fsp3) is 0.375. The van der Waals surface area contributed by atoms with Crippen LogP contribution in [0.3, 0.4) is 0 Å². The highest BCUT2D eigenvalue weighted by Gasteiger charge is 2.59. The highest BCUT2D eigenvalue weighted by Crippen LogP contribution is 2.51. The molecular formula is C24H26FN5O2S. The van der Waals surface area contributed by atoms with E-state index in [9.17, 15) is 4.21 Å². The van der Waals surface area contributed by atoms with Crippen LogP contribution in [0.4, 0.5) is 4.39 Å². The fourth-order valence-electron chi connectivity index (χ4n) is 5.19. The van der Waals surface area contributed by atoms with Gasteiger partial charge in [-0.15, -0.1) is 0 Å². The van der Waals surface area contributed by atoms with Crippen molar-refractivity contribution in [2.45, 2.75) is 48.6 Å². The molecule has 2 N–H and O–H groups in total. The second-order valence-corrected chi connectivity index (χ2v) is 12.1. The zero-order chi connectivity index (χ0) is 23.6. The third kappa shape index (κ3) is 3.05. The number of rotatable bonds is 4. The molecule has 2 aliphatic heterocycles. The third-order valence-corrected chi connectivity index (χ3v) is 10.8. The summed E-state index contributed by atoms with van der Waals surface area (Å²) in [6.45, 7) is 3.67. The van der Waals surface area contributed by atoms with Gasteiger partial charge in [0.15, 0.2) is 0 Å². The Morgan fingerprint density at radius 2 is 2.09 bits per heavy atom. The number of ether oxygens (including phenoxy) is 1. The van der Waals surface area contributed by atoms with Gasteiger partial charge in [0.25, 0.3) is 0 Å². The summed E-state index contributed by atoms with van der Waals surface area (Å²) in [6, 6.07) is 6.69. The number of benzene rings is 1. The van der Waals surface area contributed by atoms with E-state index in [0.717, 1.165) is 5.56 Å². The molecule has 2 aliphatic rings. The van der Waals surface area contributed by atoms with Gasteiger partial charge in [0.05, 0.1) is 34.5 Å². The van der Waals surface area contributed by atoms with Gasteiger partial charge >= 0.3 is 0 Å². The number of aromatic nitrogens is 3. The molecule has 2 bridgehead atoms. The van der Waals surface area contributed by atoms with E-state index in [0.29, 0.717) is 53.3 Å². The first-order valence-corrected chi connectivity index (χ1v) is 12.5. The van der Waals surface area contributed by atoms with Gasteiger partial charge in [0.2, 0.25) is 5.88 Å². The minimum Gasteiger partial charge on any atom is -0.480 e. The van der Waals surface area contributed by atoms with Gasteiger partial charge in [-0.25, -0.2) is 14.4 Å². The number of nitrogens with zero attached hydrogens (tertiary/aromatic N) is 4. The molecule has 4 heterocycles. The standard InChI is InChI=1S/C24H26FN5O2S/c1-23-9-7-19(33(23,4)31)24(2,30-22(23)26)15-11-14(5-6-16(15)25)12-18-21-17(8-10-27-18)29-20(32-3)13-28-21/h5-6,8,10-11,13,19H,4,7,9,12H2,1-3H3,(H2,26,30)/t19-,23+,24+,33?/m0/s1. The molecular weight excluding hydrogens is 441 g/mol. The quantitative estimate of drug-likeness (QED) is 0.592. The molecule has 0 saturated carbocycles. The van der Waals surface area contributed by atoms with Gasteiger partial charge in [-0.3, -0.25) is 14.2 Å². The molecule has 5 rings (SSSR count). The van der Waals surface area contributed by atoms with Crippen molar-refractivity contribution in [3.05, 3.63) is 59.3 Å². The van der Waals surface area contributed by atoms with Gasteiger partial charge in [0.1, 0.15) is 22.7 Å². The van der Waals surface area contributed by atoms with E-state index >= 15 is 4.39 Å². The van der Waals surface area contributed by atoms with Crippen LogP contribution in [0, 0.1) is 5.82 Å². The molecule has 1 aromatic carbocycles. The third-order valence-electron chi connectivity index (χ3n) is 7.30. The first-order valence-electron chi connectivity index (χ1n) is 10.7. The summed E-state index contributed by atoms with van der Waals surface area (Å²) in [5, 5.41) is -0.388. The van der Waals surface area contributed by atoms with Crippen molar-refractivity contribution < 1.29 is 13.3 Å². The van der Waals surface area contributed by atoms with Crippen LogP contribution in [0.25, 0.3) is 11.0 Å². The number of nitrogens with two attached hydrogens (primary N) is 1. The van der Waals surface area contributed by atoms with Crippen molar-refractivity contribution in [3.8, 4) is 5.88 Å². The molecule has 172 valence electrons. The van der Waals surface area contributed by atoms with Crippen molar-refractivity contribution in [1.82, 2.24) is 15.0 Å². The monoisotopic (exact) mass is 467 g/mol. The van der Waals surface area contributed by atoms with Crippen LogP contribution >= 0.6 is 0 Å². The van der Waals surface area contributed by atoms with Crippen molar-refractivity contribution in [1.29, 1.82) is 0 Å². The molecule has 0 aliphatic carbocycles. The Labute approximate surface area is 192 Å². The number of hydrogen-bond donors (Lipinski definition) is 1. The summed E-state index contributed by atoms with van der Waals surface area (Å²) in [4.78, 5) is 18.1. The molecule has 0 radical (unpaired) electrons. The lowest BCUT2D eigenvalue weighted by Gasteiger charge is -2.42. The topological polar surface area (TPSA) is 103 Å². The molecule has 3 aromatic rings. The summed E-state index contributed by atoms with van der Waals surface area (Å²) in [6.07, 6.45) is 4.90. The lowest BCUT2D eigenvalue weighted by atomic mass is 9.85. The van der Waals surface area contributed by atoms with E-state index in [2.05, 4.69) is 20.8 Å². The Kier molecular flexibility index (Phi) is 4.76. The van der Waals surface area contributed by atoms with Crippen LogP contribution in [0.15, 0.2) is 41.7 Å². The number of halogens is 1. The number of fused-ring (bicyclic) bond motifs is 3. The Bertz CT molecular complexity index is 1420. The van der Waals surface area contributed by atoms with Gasteiger partial charge < -0.3 is 10.5 Å². The predicted octanol–water partition coefficient (Wildman–Crippen LogP) is 2.99. The average molecular weight is 468 g/mol. The van der Waals surface area contributed by atoms with Crippen LogP contribution in [-0.4, -0.2) is 48.0 Å². The lowest BCUT2D eigenvalue weighted by Crippen LogP contribution is -2.55. The largest absolute Gasteiger partial charge is 0.480 e.